The predicted molar refractivity (Wildman–Crippen MR) is 106 cm³/mol. The smallest absolute Gasteiger partial charge is 0.207 e. The van der Waals surface area contributed by atoms with Crippen molar-refractivity contribution in [2.75, 3.05) is 0 Å². The first kappa shape index (κ1) is 16.8. The van der Waals surface area contributed by atoms with E-state index in [0.29, 0.717) is 20.9 Å². The summed E-state index contributed by atoms with van der Waals surface area (Å²) in [6.07, 6.45) is 1.30. The van der Waals surface area contributed by atoms with Crippen LogP contribution in [0.25, 0.3) is 10.9 Å². The Morgan fingerprint density at radius 1 is 0.769 bits per heavy atom. The molecule has 1 heterocycles. The normalized spacial score (nSPS) is 11.2. The quantitative estimate of drug-likeness (QED) is 0.483. The zero-order valence-electron chi connectivity index (χ0n) is 13.6. The Bertz CT molecular complexity index is 1070. The lowest BCUT2D eigenvalue weighted by molar-refractivity contribution is 0.977. The van der Waals surface area contributed by atoms with Gasteiger partial charge in [0.15, 0.2) is 0 Å². The summed E-state index contributed by atoms with van der Waals surface area (Å²) in [6.45, 7) is 0. The van der Waals surface area contributed by atoms with Gasteiger partial charge in [0, 0.05) is 21.3 Å². The number of benzene rings is 3. The van der Waals surface area contributed by atoms with E-state index in [4.69, 9.17) is 23.2 Å². The molecule has 0 amide bonds. The highest BCUT2D eigenvalue weighted by Gasteiger charge is 2.18. The number of fused-ring (bicyclic) bond motifs is 1. The Hall–Kier alpha value is -2.62. The molecule has 4 aromatic rings. The van der Waals surface area contributed by atoms with Crippen LogP contribution >= 0.6 is 23.2 Å². The van der Waals surface area contributed by atoms with Crippen LogP contribution in [-0.4, -0.2) is 10.2 Å². The van der Waals surface area contributed by atoms with Crippen LogP contribution in [0, 0.1) is 0 Å². The predicted octanol–water partition coefficient (Wildman–Crippen LogP) is 5.41. The van der Waals surface area contributed by atoms with Gasteiger partial charge in [0.25, 0.3) is 0 Å². The third kappa shape index (κ3) is 3.24. The molecular weight excluding hydrogens is 367 g/mol. The highest BCUT2D eigenvalue weighted by molar-refractivity contribution is 6.30. The number of aromatic nitrogens is 2. The number of aromatic amines is 1. The molecule has 0 aliphatic carbocycles. The number of hydrogen-bond donors (Lipinski definition) is 1. The van der Waals surface area contributed by atoms with Crippen molar-refractivity contribution in [3.8, 4) is 0 Å². The summed E-state index contributed by atoms with van der Waals surface area (Å²) in [6, 6.07) is 21.3. The van der Waals surface area contributed by atoms with Crippen LogP contribution in [0.5, 0.6) is 0 Å². The van der Waals surface area contributed by atoms with E-state index in [1.54, 1.807) is 0 Å². The molecule has 128 valence electrons. The highest BCUT2D eigenvalue weighted by atomic mass is 35.5. The Balaban J connectivity index is 1.92. The van der Waals surface area contributed by atoms with Gasteiger partial charge in [-0.25, -0.2) is 0 Å². The van der Waals surface area contributed by atoms with Gasteiger partial charge in [0.05, 0.1) is 11.7 Å². The van der Waals surface area contributed by atoms with E-state index in [1.165, 1.54) is 6.20 Å². The number of rotatable bonds is 3. The first-order valence-corrected chi connectivity index (χ1v) is 8.86. The van der Waals surface area contributed by atoms with Gasteiger partial charge < -0.3 is 0 Å². The van der Waals surface area contributed by atoms with Crippen molar-refractivity contribution in [3.05, 3.63) is 110 Å². The van der Waals surface area contributed by atoms with E-state index >= 15 is 0 Å². The van der Waals surface area contributed by atoms with Gasteiger partial charge in [-0.3, -0.25) is 9.89 Å². The van der Waals surface area contributed by atoms with Gasteiger partial charge in [-0.05, 0) is 53.1 Å². The first-order valence-electron chi connectivity index (χ1n) is 8.10. The fraction of sp³-hybridized carbons (Fsp3) is 0.0476. The summed E-state index contributed by atoms with van der Waals surface area (Å²) in [7, 11) is 0. The van der Waals surface area contributed by atoms with Crippen molar-refractivity contribution in [1.82, 2.24) is 10.2 Å². The zero-order chi connectivity index (χ0) is 18.1. The van der Waals surface area contributed by atoms with Crippen molar-refractivity contribution >= 4 is 34.1 Å². The molecule has 3 aromatic carbocycles. The Morgan fingerprint density at radius 2 is 1.31 bits per heavy atom. The van der Waals surface area contributed by atoms with E-state index < -0.39 is 0 Å². The number of halogens is 2. The standard InChI is InChI=1S/C21H14Cl2N2O/c22-16-6-1-13(2-7-16)21(14-3-8-17(23)9-4-14)15-5-10-19-18(11-15)20(26)12-24-25-19/h1-12,21H,(H,25,26). The average Bonchev–Trinajstić information content (AvgIpc) is 2.66. The molecular formula is C21H14Cl2N2O. The summed E-state index contributed by atoms with van der Waals surface area (Å²) in [5.74, 6) is -0.0403. The lowest BCUT2D eigenvalue weighted by atomic mass is 9.85. The lowest BCUT2D eigenvalue weighted by Crippen LogP contribution is -2.07. The van der Waals surface area contributed by atoms with E-state index in [0.717, 1.165) is 16.7 Å². The molecule has 26 heavy (non-hydrogen) atoms. The van der Waals surface area contributed by atoms with Crippen LogP contribution in [0.4, 0.5) is 0 Å². The summed E-state index contributed by atoms with van der Waals surface area (Å²) in [5, 5.41) is 8.71. The fourth-order valence-corrected chi connectivity index (χ4v) is 3.41. The molecule has 0 saturated carbocycles. The molecule has 1 N–H and O–H groups in total. The summed E-state index contributed by atoms with van der Waals surface area (Å²) in [4.78, 5) is 12.2. The van der Waals surface area contributed by atoms with E-state index in [-0.39, 0.29) is 11.3 Å². The maximum Gasteiger partial charge on any atom is 0.207 e. The molecule has 0 bridgehead atoms. The SMILES string of the molecule is O=c1cn[nH]c2ccc(C(c3ccc(Cl)cc3)c3ccc(Cl)cc3)cc12. The number of nitrogens with zero attached hydrogens (tertiary/aromatic N) is 1. The Labute approximate surface area is 160 Å². The second-order valence-corrected chi connectivity index (χ2v) is 6.95. The Kier molecular flexibility index (Phi) is 4.49. The summed E-state index contributed by atoms with van der Waals surface area (Å²) in [5.41, 5.74) is 3.79. The minimum atomic E-state index is -0.105. The molecule has 0 radical (unpaired) electrons. The van der Waals surface area contributed by atoms with Gasteiger partial charge in [0.1, 0.15) is 0 Å². The topological polar surface area (TPSA) is 45.8 Å². The first-order chi connectivity index (χ1) is 12.6. The second-order valence-electron chi connectivity index (χ2n) is 6.08. The molecule has 4 rings (SSSR count). The van der Waals surface area contributed by atoms with Crippen molar-refractivity contribution in [2.45, 2.75) is 5.92 Å². The maximum atomic E-state index is 12.2. The van der Waals surface area contributed by atoms with Crippen LogP contribution in [0.2, 0.25) is 10.0 Å². The van der Waals surface area contributed by atoms with Crippen LogP contribution in [0.1, 0.15) is 22.6 Å². The number of H-pyrrole nitrogens is 1. The summed E-state index contributed by atoms with van der Waals surface area (Å²) >= 11 is 12.1. The molecule has 0 saturated heterocycles. The maximum absolute atomic E-state index is 12.2. The van der Waals surface area contributed by atoms with E-state index in [2.05, 4.69) is 10.2 Å². The fourth-order valence-electron chi connectivity index (χ4n) is 3.16. The molecule has 0 aliphatic heterocycles. The number of nitrogens with one attached hydrogen (secondary N) is 1. The summed E-state index contributed by atoms with van der Waals surface area (Å²) < 4.78 is 0. The monoisotopic (exact) mass is 380 g/mol. The molecule has 5 heteroatoms. The zero-order valence-corrected chi connectivity index (χ0v) is 15.1. The number of hydrogen-bond acceptors (Lipinski definition) is 2. The molecule has 0 spiro atoms. The molecule has 1 aromatic heterocycles. The molecule has 0 unspecified atom stereocenters. The third-order valence-corrected chi connectivity index (χ3v) is 4.92. The van der Waals surface area contributed by atoms with Gasteiger partial charge >= 0.3 is 0 Å². The van der Waals surface area contributed by atoms with Crippen LogP contribution < -0.4 is 5.43 Å². The van der Waals surface area contributed by atoms with Gasteiger partial charge in [-0.15, -0.1) is 0 Å². The molecule has 0 atom stereocenters. The van der Waals surface area contributed by atoms with Gasteiger partial charge in [-0.2, -0.15) is 5.10 Å². The molecule has 0 fully saturated rings. The van der Waals surface area contributed by atoms with E-state index in [9.17, 15) is 4.79 Å². The Morgan fingerprint density at radius 3 is 1.88 bits per heavy atom. The molecule has 3 nitrogen and oxygen atoms in total. The van der Waals surface area contributed by atoms with Gasteiger partial charge in [-0.1, -0.05) is 53.5 Å². The van der Waals surface area contributed by atoms with Crippen molar-refractivity contribution in [3.63, 3.8) is 0 Å². The highest BCUT2D eigenvalue weighted by Crippen LogP contribution is 2.34. The van der Waals surface area contributed by atoms with Crippen molar-refractivity contribution < 1.29 is 0 Å². The average molecular weight is 381 g/mol. The van der Waals surface area contributed by atoms with Crippen molar-refractivity contribution in [2.24, 2.45) is 0 Å². The third-order valence-electron chi connectivity index (χ3n) is 4.42. The van der Waals surface area contributed by atoms with Crippen LogP contribution in [0.15, 0.2) is 77.7 Å². The minimum absolute atomic E-state index is 0.0403. The lowest BCUT2D eigenvalue weighted by Gasteiger charge is -2.19. The van der Waals surface area contributed by atoms with Gasteiger partial charge in [0.2, 0.25) is 5.43 Å². The minimum Gasteiger partial charge on any atom is -0.287 e. The van der Waals surface area contributed by atoms with E-state index in [1.807, 2.05) is 66.7 Å². The van der Waals surface area contributed by atoms with Crippen molar-refractivity contribution in [1.29, 1.82) is 0 Å². The largest absolute Gasteiger partial charge is 0.287 e. The molecule has 0 aliphatic rings. The second kappa shape index (κ2) is 6.94. The van der Waals surface area contributed by atoms with Crippen LogP contribution in [0.3, 0.4) is 0 Å². The van der Waals surface area contributed by atoms with Crippen LogP contribution in [-0.2, 0) is 0 Å².